The van der Waals surface area contributed by atoms with Crippen LogP contribution in [0.1, 0.15) is 24.2 Å². The van der Waals surface area contributed by atoms with E-state index in [2.05, 4.69) is 27.9 Å². The number of carbonyl (C=O) groups excluding carboxylic acids is 2. The Bertz CT molecular complexity index is 728. The Balaban J connectivity index is 1.90. The Morgan fingerprint density at radius 3 is 2.36 bits per heavy atom. The number of rotatable bonds is 7. The van der Waals surface area contributed by atoms with Gasteiger partial charge >= 0.3 is 0 Å². The van der Waals surface area contributed by atoms with Crippen LogP contribution in [0.15, 0.2) is 48.5 Å². The topological polar surface area (TPSA) is 58.6 Å². The lowest BCUT2D eigenvalue weighted by Crippen LogP contribution is -2.30. The van der Waals surface area contributed by atoms with Crippen molar-refractivity contribution in [2.75, 3.05) is 25.0 Å². The Morgan fingerprint density at radius 1 is 1.08 bits per heavy atom. The van der Waals surface area contributed by atoms with Crippen LogP contribution in [0.3, 0.4) is 0 Å². The second-order valence-electron chi connectivity index (χ2n) is 5.35. The van der Waals surface area contributed by atoms with Gasteiger partial charge in [-0.3, -0.25) is 9.59 Å². The lowest BCUT2D eigenvalue weighted by Gasteiger charge is -2.18. The van der Waals surface area contributed by atoms with Gasteiger partial charge in [-0.25, -0.2) is 0 Å². The molecule has 5 nitrogen and oxygen atoms in total. The molecule has 0 fully saturated rings. The van der Waals surface area contributed by atoms with E-state index >= 15 is 0 Å². The molecule has 2 aromatic carbocycles. The van der Waals surface area contributed by atoms with Crippen LogP contribution in [-0.4, -0.2) is 36.4 Å². The van der Waals surface area contributed by atoms with Crippen molar-refractivity contribution in [3.63, 3.8) is 0 Å². The predicted molar refractivity (Wildman–Crippen MR) is 107 cm³/mol. The quantitative estimate of drug-likeness (QED) is 0.651. The highest BCUT2D eigenvalue weighted by molar-refractivity contribution is 14.1. The summed E-state index contributed by atoms with van der Waals surface area (Å²) in [5, 5.41) is 2.76. The molecule has 0 saturated heterocycles. The van der Waals surface area contributed by atoms with Crippen LogP contribution in [0.4, 0.5) is 5.69 Å². The zero-order valence-corrected chi connectivity index (χ0v) is 16.4. The van der Waals surface area contributed by atoms with Gasteiger partial charge in [0.25, 0.3) is 11.8 Å². The standard InChI is InChI=1S/C19H21IN2O3/c1-3-22(4-2)19(24)14-8-10-16(11-9-14)21-18(23)13-25-17-7-5-6-15(20)12-17/h5-12H,3-4,13H2,1-2H3,(H,21,23). The first kappa shape index (κ1) is 19.2. The highest BCUT2D eigenvalue weighted by atomic mass is 127. The number of halogens is 1. The Kier molecular flexibility index (Phi) is 7.24. The minimum Gasteiger partial charge on any atom is -0.484 e. The molecule has 2 aromatic rings. The number of ether oxygens (including phenoxy) is 1. The second kappa shape index (κ2) is 9.41. The van der Waals surface area contributed by atoms with Gasteiger partial charge in [-0.1, -0.05) is 6.07 Å². The van der Waals surface area contributed by atoms with Crippen molar-refractivity contribution in [3.05, 3.63) is 57.7 Å². The van der Waals surface area contributed by atoms with E-state index in [1.54, 1.807) is 29.2 Å². The van der Waals surface area contributed by atoms with Gasteiger partial charge in [-0.05, 0) is 78.9 Å². The van der Waals surface area contributed by atoms with E-state index in [9.17, 15) is 9.59 Å². The minimum absolute atomic E-state index is 0.00936. The van der Waals surface area contributed by atoms with Gasteiger partial charge < -0.3 is 15.0 Å². The van der Waals surface area contributed by atoms with E-state index in [1.807, 2.05) is 38.1 Å². The van der Waals surface area contributed by atoms with Gasteiger partial charge in [0.1, 0.15) is 5.75 Å². The Labute approximate surface area is 161 Å². The van der Waals surface area contributed by atoms with Crippen molar-refractivity contribution in [2.45, 2.75) is 13.8 Å². The molecular weight excluding hydrogens is 431 g/mol. The van der Waals surface area contributed by atoms with Crippen molar-refractivity contribution in [2.24, 2.45) is 0 Å². The molecule has 0 aromatic heterocycles. The highest BCUT2D eigenvalue weighted by Gasteiger charge is 2.12. The summed E-state index contributed by atoms with van der Waals surface area (Å²) in [6.07, 6.45) is 0. The molecule has 0 saturated carbocycles. The van der Waals surface area contributed by atoms with Crippen molar-refractivity contribution in [3.8, 4) is 5.75 Å². The molecule has 0 aliphatic rings. The molecule has 132 valence electrons. The molecule has 1 N–H and O–H groups in total. The normalized spacial score (nSPS) is 10.2. The minimum atomic E-state index is -0.248. The molecule has 0 spiro atoms. The number of hydrogen-bond donors (Lipinski definition) is 1. The fraction of sp³-hybridized carbons (Fsp3) is 0.263. The van der Waals surface area contributed by atoms with Crippen molar-refractivity contribution in [1.82, 2.24) is 4.90 Å². The first-order valence-electron chi connectivity index (χ1n) is 8.11. The third-order valence-corrected chi connectivity index (χ3v) is 4.30. The number of carbonyl (C=O) groups is 2. The Morgan fingerprint density at radius 2 is 1.76 bits per heavy atom. The average Bonchev–Trinajstić information content (AvgIpc) is 2.61. The maximum atomic E-state index is 12.2. The predicted octanol–water partition coefficient (Wildman–Crippen LogP) is 3.79. The summed E-state index contributed by atoms with van der Waals surface area (Å²) in [4.78, 5) is 26.0. The van der Waals surface area contributed by atoms with Crippen molar-refractivity contribution < 1.29 is 14.3 Å². The van der Waals surface area contributed by atoms with Crippen LogP contribution in [0.2, 0.25) is 0 Å². The van der Waals surface area contributed by atoms with E-state index in [4.69, 9.17) is 4.74 Å². The summed E-state index contributed by atoms with van der Waals surface area (Å²) >= 11 is 2.19. The number of nitrogens with one attached hydrogen (secondary N) is 1. The van der Waals surface area contributed by atoms with Gasteiger partial charge in [0.15, 0.2) is 6.61 Å². The molecule has 0 heterocycles. The van der Waals surface area contributed by atoms with Gasteiger partial charge in [-0.2, -0.15) is 0 Å². The average molecular weight is 452 g/mol. The first-order chi connectivity index (χ1) is 12.0. The summed E-state index contributed by atoms with van der Waals surface area (Å²) in [5.74, 6) is 0.397. The summed E-state index contributed by atoms with van der Waals surface area (Å²) in [5.41, 5.74) is 1.24. The second-order valence-corrected chi connectivity index (χ2v) is 6.59. The molecular formula is C19H21IN2O3. The SMILES string of the molecule is CCN(CC)C(=O)c1ccc(NC(=O)COc2cccc(I)c2)cc1. The van der Waals surface area contributed by atoms with Gasteiger partial charge in [0.2, 0.25) is 0 Å². The van der Waals surface area contributed by atoms with Crippen molar-refractivity contribution >= 4 is 40.1 Å². The molecule has 0 aliphatic heterocycles. The van der Waals surface area contributed by atoms with E-state index in [0.29, 0.717) is 30.1 Å². The monoisotopic (exact) mass is 452 g/mol. The lowest BCUT2D eigenvalue weighted by molar-refractivity contribution is -0.118. The Hall–Kier alpha value is -2.09. The lowest BCUT2D eigenvalue weighted by atomic mass is 10.2. The maximum Gasteiger partial charge on any atom is 0.262 e. The van der Waals surface area contributed by atoms with Crippen LogP contribution < -0.4 is 10.1 Å². The van der Waals surface area contributed by atoms with Crippen LogP contribution in [0.5, 0.6) is 5.75 Å². The van der Waals surface area contributed by atoms with Crippen molar-refractivity contribution in [1.29, 1.82) is 0 Å². The molecule has 0 bridgehead atoms. The van der Waals surface area contributed by atoms with E-state index in [1.165, 1.54) is 0 Å². The number of hydrogen-bond acceptors (Lipinski definition) is 3. The third kappa shape index (κ3) is 5.74. The molecule has 25 heavy (non-hydrogen) atoms. The van der Waals surface area contributed by atoms with E-state index < -0.39 is 0 Å². The molecule has 0 aliphatic carbocycles. The largest absolute Gasteiger partial charge is 0.484 e. The summed E-state index contributed by atoms with van der Waals surface area (Å²) in [6, 6.07) is 14.4. The first-order valence-corrected chi connectivity index (χ1v) is 9.19. The van der Waals surface area contributed by atoms with Crippen LogP contribution in [-0.2, 0) is 4.79 Å². The van der Waals surface area contributed by atoms with E-state index in [-0.39, 0.29) is 18.4 Å². The fourth-order valence-electron chi connectivity index (χ4n) is 2.29. The summed E-state index contributed by atoms with van der Waals surface area (Å²) in [7, 11) is 0. The number of nitrogens with zero attached hydrogens (tertiary/aromatic N) is 1. The number of amides is 2. The molecule has 6 heteroatoms. The molecule has 0 unspecified atom stereocenters. The summed E-state index contributed by atoms with van der Waals surface area (Å²) < 4.78 is 6.51. The van der Waals surface area contributed by atoms with Gasteiger partial charge in [0, 0.05) is 27.9 Å². The fourth-order valence-corrected chi connectivity index (χ4v) is 2.81. The number of benzene rings is 2. The van der Waals surface area contributed by atoms with Crippen LogP contribution in [0.25, 0.3) is 0 Å². The molecule has 0 radical (unpaired) electrons. The van der Waals surface area contributed by atoms with Gasteiger partial charge in [0.05, 0.1) is 0 Å². The molecule has 2 rings (SSSR count). The molecule has 2 amide bonds. The zero-order chi connectivity index (χ0) is 18.2. The number of anilines is 1. The third-order valence-electron chi connectivity index (χ3n) is 3.63. The van der Waals surface area contributed by atoms with Crippen LogP contribution >= 0.6 is 22.6 Å². The molecule has 0 atom stereocenters. The summed E-state index contributed by atoms with van der Waals surface area (Å²) in [6.45, 7) is 5.17. The zero-order valence-electron chi connectivity index (χ0n) is 14.3. The maximum absolute atomic E-state index is 12.2. The van der Waals surface area contributed by atoms with E-state index in [0.717, 1.165) is 3.57 Å². The van der Waals surface area contributed by atoms with Gasteiger partial charge in [-0.15, -0.1) is 0 Å². The smallest absolute Gasteiger partial charge is 0.262 e. The highest BCUT2D eigenvalue weighted by Crippen LogP contribution is 2.15. The van der Waals surface area contributed by atoms with Crippen LogP contribution in [0, 0.1) is 3.57 Å².